The van der Waals surface area contributed by atoms with E-state index in [0.717, 1.165) is 34.8 Å². The maximum absolute atomic E-state index is 13.5. The number of alkyl halides is 3. The molecule has 0 aliphatic heterocycles. The van der Waals surface area contributed by atoms with Gasteiger partial charge in [-0.05, 0) is 42.0 Å². The van der Waals surface area contributed by atoms with Gasteiger partial charge in [0.05, 0.1) is 11.3 Å². The van der Waals surface area contributed by atoms with Crippen LogP contribution in [0.3, 0.4) is 0 Å². The first-order valence-corrected chi connectivity index (χ1v) is 10.9. The number of fused-ring (bicyclic) bond motifs is 3. The summed E-state index contributed by atoms with van der Waals surface area (Å²) in [6.07, 6.45) is -4.45. The van der Waals surface area contributed by atoms with Crippen molar-refractivity contribution in [3.63, 3.8) is 0 Å². The van der Waals surface area contributed by atoms with Crippen molar-refractivity contribution < 1.29 is 17.6 Å². The van der Waals surface area contributed by atoms with E-state index in [9.17, 15) is 22.4 Å². The number of hydrogen-bond acceptors (Lipinski definition) is 3. The maximum atomic E-state index is 13.5. The fourth-order valence-corrected chi connectivity index (χ4v) is 4.59. The molecule has 2 aromatic heterocycles. The minimum atomic E-state index is -4.45. The SMILES string of the molecule is O=c1c2[nH]c3ccccc3c2nc(SCc2cccc(C(F)(F)F)c2)n1-c1ccc(F)cc1. The van der Waals surface area contributed by atoms with Crippen molar-refractivity contribution in [3.8, 4) is 5.69 Å². The van der Waals surface area contributed by atoms with Crippen LogP contribution < -0.4 is 5.56 Å². The van der Waals surface area contributed by atoms with Gasteiger partial charge in [-0.3, -0.25) is 9.36 Å². The van der Waals surface area contributed by atoms with Gasteiger partial charge in [0.2, 0.25) is 0 Å². The Morgan fingerprint density at radius 2 is 1.73 bits per heavy atom. The van der Waals surface area contributed by atoms with Crippen LogP contribution in [-0.4, -0.2) is 14.5 Å². The number of nitrogens with zero attached hydrogens (tertiary/aromatic N) is 2. The zero-order valence-corrected chi connectivity index (χ0v) is 17.7. The molecule has 0 amide bonds. The molecule has 1 N–H and O–H groups in total. The topological polar surface area (TPSA) is 50.7 Å². The van der Waals surface area contributed by atoms with Gasteiger partial charge in [-0.25, -0.2) is 9.37 Å². The Kier molecular flexibility index (Phi) is 5.20. The summed E-state index contributed by atoms with van der Waals surface area (Å²) in [6, 6.07) is 17.8. The molecule has 2 heterocycles. The lowest BCUT2D eigenvalue weighted by Crippen LogP contribution is -2.21. The molecule has 5 rings (SSSR count). The minimum absolute atomic E-state index is 0.158. The van der Waals surface area contributed by atoms with Crippen LogP contribution >= 0.6 is 11.8 Å². The normalized spacial score (nSPS) is 12.0. The van der Waals surface area contributed by atoms with Crippen LogP contribution in [0.1, 0.15) is 11.1 Å². The van der Waals surface area contributed by atoms with Crippen LogP contribution in [0.15, 0.2) is 82.7 Å². The number of nitrogens with one attached hydrogen (secondary N) is 1. The molecule has 33 heavy (non-hydrogen) atoms. The predicted molar refractivity (Wildman–Crippen MR) is 120 cm³/mol. The van der Waals surface area contributed by atoms with Crippen molar-refractivity contribution in [3.05, 3.63) is 100 Å². The molecule has 166 valence electrons. The molecule has 3 aromatic carbocycles. The van der Waals surface area contributed by atoms with E-state index in [4.69, 9.17) is 0 Å². The standard InChI is InChI=1S/C24H15F4N3OS/c25-16-8-10-17(11-9-16)31-22(32)21-20(18-6-1-2-7-19(18)29-21)30-23(31)33-13-14-4-3-5-15(12-14)24(26,27)28/h1-12,29H,13H2. The zero-order chi connectivity index (χ0) is 23.2. The highest BCUT2D eigenvalue weighted by Gasteiger charge is 2.30. The van der Waals surface area contributed by atoms with Crippen LogP contribution in [0.4, 0.5) is 17.6 Å². The fraction of sp³-hybridized carbons (Fsp3) is 0.0833. The van der Waals surface area contributed by atoms with Gasteiger partial charge < -0.3 is 4.98 Å². The number of hydrogen-bond donors (Lipinski definition) is 1. The Morgan fingerprint density at radius 1 is 0.970 bits per heavy atom. The van der Waals surface area contributed by atoms with Crippen LogP contribution in [0.25, 0.3) is 27.6 Å². The second-order valence-corrected chi connectivity index (χ2v) is 8.33. The minimum Gasteiger partial charge on any atom is -0.349 e. The molecule has 0 radical (unpaired) electrons. The summed E-state index contributed by atoms with van der Waals surface area (Å²) in [5.41, 5.74) is 1.23. The quantitative estimate of drug-likeness (QED) is 0.190. The molecule has 9 heteroatoms. The van der Waals surface area contributed by atoms with Gasteiger partial charge in [-0.2, -0.15) is 13.2 Å². The number of rotatable bonds is 4. The lowest BCUT2D eigenvalue weighted by Gasteiger charge is -2.13. The first-order chi connectivity index (χ1) is 15.8. The molecule has 5 aromatic rings. The lowest BCUT2D eigenvalue weighted by molar-refractivity contribution is -0.137. The van der Waals surface area contributed by atoms with E-state index in [1.54, 1.807) is 6.07 Å². The molecular weight excluding hydrogens is 454 g/mol. The van der Waals surface area contributed by atoms with Crippen molar-refractivity contribution in [1.82, 2.24) is 14.5 Å². The molecule has 0 spiro atoms. The van der Waals surface area contributed by atoms with Crippen LogP contribution in [0, 0.1) is 5.82 Å². The van der Waals surface area contributed by atoms with Crippen molar-refractivity contribution in [2.45, 2.75) is 17.1 Å². The van der Waals surface area contributed by atoms with Gasteiger partial charge >= 0.3 is 6.18 Å². The monoisotopic (exact) mass is 469 g/mol. The molecule has 0 bridgehead atoms. The van der Waals surface area contributed by atoms with Crippen molar-refractivity contribution in [2.75, 3.05) is 0 Å². The van der Waals surface area contributed by atoms with Crippen LogP contribution in [0.5, 0.6) is 0 Å². The van der Waals surface area contributed by atoms with E-state index >= 15 is 0 Å². The molecule has 0 atom stereocenters. The number of halogens is 4. The molecule has 0 saturated heterocycles. The smallest absolute Gasteiger partial charge is 0.349 e. The summed E-state index contributed by atoms with van der Waals surface area (Å²) in [4.78, 5) is 21.2. The zero-order valence-electron chi connectivity index (χ0n) is 16.9. The molecule has 0 aliphatic rings. The van der Waals surface area contributed by atoms with E-state index in [-0.39, 0.29) is 11.3 Å². The van der Waals surface area contributed by atoms with Gasteiger partial charge in [0, 0.05) is 16.7 Å². The van der Waals surface area contributed by atoms with Gasteiger partial charge in [-0.15, -0.1) is 0 Å². The van der Waals surface area contributed by atoms with Gasteiger partial charge in [0.25, 0.3) is 5.56 Å². The van der Waals surface area contributed by atoms with Crippen molar-refractivity contribution >= 4 is 33.7 Å². The Morgan fingerprint density at radius 3 is 2.48 bits per heavy atom. The van der Waals surface area contributed by atoms with Gasteiger partial charge in [0.1, 0.15) is 16.9 Å². The Bertz CT molecular complexity index is 1540. The maximum Gasteiger partial charge on any atom is 0.416 e. The molecule has 0 aliphatic carbocycles. The number of H-pyrrole nitrogens is 1. The second kappa shape index (κ2) is 8.08. The molecular formula is C24H15F4N3OS. The number of aromatic nitrogens is 3. The summed E-state index contributed by atoms with van der Waals surface area (Å²) >= 11 is 1.14. The van der Waals surface area contributed by atoms with E-state index < -0.39 is 17.6 Å². The summed E-state index contributed by atoms with van der Waals surface area (Å²) in [5.74, 6) is -0.296. The number of aromatic amines is 1. The number of benzene rings is 3. The first kappa shape index (κ1) is 21.3. The van der Waals surface area contributed by atoms with Crippen molar-refractivity contribution in [2.24, 2.45) is 0 Å². The third kappa shape index (κ3) is 4.00. The Hall–Kier alpha value is -3.59. The van der Waals surface area contributed by atoms with Crippen molar-refractivity contribution in [1.29, 1.82) is 0 Å². The summed E-state index contributed by atoms with van der Waals surface area (Å²) in [5, 5.41) is 1.05. The van der Waals surface area contributed by atoms with Crippen LogP contribution in [-0.2, 0) is 11.9 Å². The summed E-state index contributed by atoms with van der Waals surface area (Å²) in [6.45, 7) is 0. The molecule has 0 unspecified atom stereocenters. The summed E-state index contributed by atoms with van der Waals surface area (Å²) in [7, 11) is 0. The van der Waals surface area contributed by atoms with E-state index in [1.807, 2.05) is 24.3 Å². The molecule has 4 nitrogen and oxygen atoms in total. The average Bonchev–Trinajstić information content (AvgIpc) is 3.17. The Balaban J connectivity index is 1.64. The lowest BCUT2D eigenvalue weighted by atomic mass is 10.1. The predicted octanol–water partition coefficient (Wildman–Crippen LogP) is 6.32. The average molecular weight is 469 g/mol. The second-order valence-electron chi connectivity index (χ2n) is 7.39. The van der Waals surface area contributed by atoms with E-state index in [2.05, 4.69) is 9.97 Å². The van der Waals surface area contributed by atoms with E-state index in [1.165, 1.54) is 34.9 Å². The largest absolute Gasteiger partial charge is 0.416 e. The first-order valence-electron chi connectivity index (χ1n) is 9.89. The number of para-hydroxylation sites is 1. The van der Waals surface area contributed by atoms with E-state index in [0.29, 0.717) is 27.4 Å². The van der Waals surface area contributed by atoms with Gasteiger partial charge in [0.15, 0.2) is 5.16 Å². The van der Waals surface area contributed by atoms with Gasteiger partial charge in [-0.1, -0.05) is 48.2 Å². The highest BCUT2D eigenvalue weighted by atomic mass is 32.2. The highest BCUT2D eigenvalue weighted by molar-refractivity contribution is 7.98. The molecule has 0 saturated carbocycles. The summed E-state index contributed by atoms with van der Waals surface area (Å²) < 4.78 is 54.1. The third-order valence-corrected chi connectivity index (χ3v) is 6.21. The highest BCUT2D eigenvalue weighted by Crippen LogP contribution is 2.32. The molecule has 0 fully saturated rings. The number of thioether (sulfide) groups is 1. The third-order valence-electron chi connectivity index (χ3n) is 5.20. The van der Waals surface area contributed by atoms with Crippen LogP contribution in [0.2, 0.25) is 0 Å². The Labute approximate surface area is 188 Å². The fourth-order valence-electron chi connectivity index (χ4n) is 3.64.